The first-order valence-corrected chi connectivity index (χ1v) is 14.4. The standard InChI is InChI=1S/C30H32Cl2N2O5/c1-17-5-6-20(30(35)36)11-19(17)9-10-34-21-12-23(13-22(34)15-37-14-21)38-16-24-28(33-39-29(24)18-7-8-18)27-25(31)3-2-4-26(27)32/h2-6,11,18,21-23H,7-10,12-16H2,1H3,(H,35,36). The van der Waals surface area contributed by atoms with Crippen LogP contribution in [0.5, 0.6) is 0 Å². The van der Waals surface area contributed by atoms with Gasteiger partial charge in [0.1, 0.15) is 11.5 Å². The highest BCUT2D eigenvalue weighted by Crippen LogP contribution is 2.46. The summed E-state index contributed by atoms with van der Waals surface area (Å²) in [5, 5.41) is 14.9. The summed E-state index contributed by atoms with van der Waals surface area (Å²) in [5.41, 5.74) is 4.85. The normalized spacial score (nSPS) is 23.2. The lowest BCUT2D eigenvalue weighted by molar-refractivity contribution is -0.121. The van der Waals surface area contributed by atoms with Gasteiger partial charge in [-0.15, -0.1) is 0 Å². The van der Waals surface area contributed by atoms with Crippen molar-refractivity contribution in [3.63, 3.8) is 0 Å². The molecule has 1 saturated carbocycles. The molecule has 9 heteroatoms. The minimum atomic E-state index is -0.892. The van der Waals surface area contributed by atoms with E-state index in [0.29, 0.717) is 52.6 Å². The summed E-state index contributed by atoms with van der Waals surface area (Å²) in [7, 11) is 0. The number of aromatic nitrogens is 1. The summed E-state index contributed by atoms with van der Waals surface area (Å²) in [6.45, 7) is 4.65. The monoisotopic (exact) mass is 570 g/mol. The minimum Gasteiger partial charge on any atom is -0.478 e. The van der Waals surface area contributed by atoms with Gasteiger partial charge < -0.3 is 19.1 Å². The summed E-state index contributed by atoms with van der Waals surface area (Å²) in [4.78, 5) is 14.0. The number of aryl methyl sites for hydroxylation is 1. The van der Waals surface area contributed by atoms with Crippen LogP contribution in [0.1, 0.15) is 64.4 Å². The topological polar surface area (TPSA) is 85.0 Å². The number of carboxylic acid groups (broad SMARTS) is 1. The van der Waals surface area contributed by atoms with Gasteiger partial charge in [0.15, 0.2) is 0 Å². The van der Waals surface area contributed by atoms with Gasteiger partial charge in [0.05, 0.1) is 41.5 Å². The van der Waals surface area contributed by atoms with Gasteiger partial charge in [-0.05, 0) is 74.4 Å². The third-order valence-corrected chi connectivity index (χ3v) is 8.92. The summed E-state index contributed by atoms with van der Waals surface area (Å²) in [5.74, 6) is 0.377. The van der Waals surface area contributed by atoms with Crippen LogP contribution < -0.4 is 0 Å². The Morgan fingerprint density at radius 1 is 1.13 bits per heavy atom. The van der Waals surface area contributed by atoms with Crippen LogP contribution in [0.4, 0.5) is 0 Å². The quantitative estimate of drug-likeness (QED) is 0.313. The predicted molar refractivity (Wildman–Crippen MR) is 149 cm³/mol. The molecule has 206 valence electrons. The molecule has 2 bridgehead atoms. The van der Waals surface area contributed by atoms with Crippen LogP contribution in [-0.2, 0) is 22.5 Å². The number of ether oxygens (including phenoxy) is 2. The molecule has 2 aliphatic heterocycles. The molecule has 2 atom stereocenters. The second-order valence-electron chi connectivity index (χ2n) is 10.9. The van der Waals surface area contributed by atoms with Gasteiger partial charge in [0.25, 0.3) is 0 Å². The Hall–Kier alpha value is -2.42. The van der Waals surface area contributed by atoms with Crippen LogP contribution in [-0.4, -0.2) is 59.1 Å². The van der Waals surface area contributed by atoms with Gasteiger partial charge in [-0.1, -0.05) is 40.5 Å². The molecule has 2 unspecified atom stereocenters. The number of aromatic carboxylic acids is 1. The number of piperidine rings is 1. The molecule has 3 aromatic rings. The fraction of sp³-hybridized carbons (Fsp3) is 0.467. The van der Waals surface area contributed by atoms with E-state index < -0.39 is 5.97 Å². The zero-order valence-electron chi connectivity index (χ0n) is 21.9. The smallest absolute Gasteiger partial charge is 0.335 e. The van der Waals surface area contributed by atoms with E-state index in [2.05, 4.69) is 10.1 Å². The molecule has 1 aliphatic carbocycles. The highest BCUT2D eigenvalue weighted by Gasteiger charge is 2.40. The number of halogens is 2. The summed E-state index contributed by atoms with van der Waals surface area (Å²) >= 11 is 13.0. The highest BCUT2D eigenvalue weighted by molar-refractivity contribution is 6.39. The summed E-state index contributed by atoms with van der Waals surface area (Å²) in [6, 6.07) is 11.3. The molecule has 3 heterocycles. The minimum absolute atomic E-state index is 0.0914. The number of carboxylic acids is 1. The maximum absolute atomic E-state index is 11.4. The van der Waals surface area contributed by atoms with Crippen molar-refractivity contribution >= 4 is 29.2 Å². The highest BCUT2D eigenvalue weighted by atomic mass is 35.5. The van der Waals surface area contributed by atoms with Gasteiger partial charge in [0, 0.05) is 35.7 Å². The maximum atomic E-state index is 11.4. The summed E-state index contributed by atoms with van der Waals surface area (Å²) in [6.07, 6.45) is 4.82. The van der Waals surface area contributed by atoms with Crippen LogP contribution in [0, 0.1) is 6.92 Å². The first kappa shape index (κ1) is 26.8. The number of nitrogens with zero attached hydrogens (tertiary/aromatic N) is 2. The number of hydrogen-bond acceptors (Lipinski definition) is 6. The molecule has 0 amide bonds. The fourth-order valence-corrected chi connectivity index (χ4v) is 6.59. The van der Waals surface area contributed by atoms with Crippen molar-refractivity contribution in [2.24, 2.45) is 0 Å². The van der Waals surface area contributed by atoms with Crippen molar-refractivity contribution in [2.75, 3.05) is 19.8 Å². The van der Waals surface area contributed by atoms with E-state index in [1.165, 1.54) is 0 Å². The molecular formula is C30H32Cl2N2O5. The van der Waals surface area contributed by atoms with Gasteiger partial charge in [-0.25, -0.2) is 4.79 Å². The Labute approximate surface area is 238 Å². The third-order valence-electron chi connectivity index (χ3n) is 8.29. The van der Waals surface area contributed by atoms with E-state index in [1.807, 2.05) is 31.2 Å². The van der Waals surface area contributed by atoms with Crippen LogP contribution in [0.3, 0.4) is 0 Å². The summed E-state index contributed by atoms with van der Waals surface area (Å²) < 4.78 is 18.3. The molecule has 0 spiro atoms. The Morgan fingerprint density at radius 3 is 2.51 bits per heavy atom. The fourth-order valence-electron chi connectivity index (χ4n) is 6.01. The lowest BCUT2D eigenvalue weighted by Gasteiger charge is -2.48. The molecule has 6 rings (SSSR count). The van der Waals surface area contributed by atoms with Crippen molar-refractivity contribution in [2.45, 2.75) is 69.7 Å². The molecule has 2 saturated heterocycles. The first-order chi connectivity index (χ1) is 18.9. The zero-order chi connectivity index (χ0) is 27.1. The van der Waals surface area contributed by atoms with Gasteiger partial charge >= 0.3 is 5.97 Å². The van der Waals surface area contributed by atoms with Crippen molar-refractivity contribution in [3.05, 3.63) is 74.5 Å². The molecule has 1 aromatic heterocycles. The van der Waals surface area contributed by atoms with Crippen molar-refractivity contribution < 1.29 is 23.9 Å². The molecule has 1 N–H and O–H groups in total. The van der Waals surface area contributed by atoms with Crippen molar-refractivity contribution in [3.8, 4) is 11.3 Å². The van der Waals surface area contributed by atoms with E-state index in [9.17, 15) is 9.90 Å². The average molecular weight is 572 g/mol. The Kier molecular flexibility index (Phi) is 7.71. The van der Waals surface area contributed by atoms with E-state index in [4.69, 9.17) is 37.2 Å². The van der Waals surface area contributed by atoms with E-state index in [0.717, 1.165) is 61.1 Å². The Bertz CT molecular complexity index is 1340. The van der Waals surface area contributed by atoms with Crippen LogP contribution in [0.2, 0.25) is 10.0 Å². The molecule has 0 radical (unpaired) electrons. The van der Waals surface area contributed by atoms with Gasteiger partial charge in [-0.2, -0.15) is 0 Å². The Balaban J connectivity index is 1.14. The van der Waals surface area contributed by atoms with E-state index in [-0.39, 0.29) is 18.2 Å². The second-order valence-corrected chi connectivity index (χ2v) is 11.7. The van der Waals surface area contributed by atoms with E-state index in [1.54, 1.807) is 12.1 Å². The zero-order valence-corrected chi connectivity index (χ0v) is 23.4. The second kappa shape index (κ2) is 11.2. The maximum Gasteiger partial charge on any atom is 0.335 e. The predicted octanol–water partition coefficient (Wildman–Crippen LogP) is 6.52. The molecule has 3 aliphatic rings. The van der Waals surface area contributed by atoms with Crippen LogP contribution >= 0.6 is 23.2 Å². The molecular weight excluding hydrogens is 539 g/mol. The van der Waals surface area contributed by atoms with E-state index >= 15 is 0 Å². The third kappa shape index (κ3) is 5.61. The number of rotatable bonds is 9. The molecule has 7 nitrogen and oxygen atoms in total. The number of morpholine rings is 1. The number of benzene rings is 2. The number of fused-ring (bicyclic) bond motifs is 2. The van der Waals surface area contributed by atoms with Crippen LogP contribution in [0.25, 0.3) is 11.3 Å². The Morgan fingerprint density at radius 2 is 1.85 bits per heavy atom. The number of hydrogen-bond donors (Lipinski definition) is 1. The molecule has 2 aromatic carbocycles. The molecule has 39 heavy (non-hydrogen) atoms. The number of carbonyl (C=O) groups is 1. The van der Waals surface area contributed by atoms with Crippen LogP contribution in [0.15, 0.2) is 40.9 Å². The largest absolute Gasteiger partial charge is 0.478 e. The van der Waals surface area contributed by atoms with Gasteiger partial charge in [-0.3, -0.25) is 4.90 Å². The van der Waals surface area contributed by atoms with Crippen molar-refractivity contribution in [1.29, 1.82) is 0 Å². The SMILES string of the molecule is Cc1ccc(C(=O)O)cc1CCN1C2COCC1CC(OCc1c(-c3c(Cl)cccc3Cl)noc1C1CC1)C2. The molecule has 3 fully saturated rings. The van der Waals surface area contributed by atoms with Gasteiger partial charge in [0.2, 0.25) is 0 Å². The lowest BCUT2D eigenvalue weighted by Crippen LogP contribution is -2.58. The average Bonchev–Trinajstić information content (AvgIpc) is 3.66. The first-order valence-electron chi connectivity index (χ1n) is 13.6. The lowest BCUT2D eigenvalue weighted by atomic mass is 9.90. The van der Waals surface area contributed by atoms with Crippen molar-refractivity contribution in [1.82, 2.24) is 10.1 Å².